The molecule has 10 atom stereocenters. The zero-order valence-electron chi connectivity index (χ0n) is 26.6. The average Bonchev–Trinajstić information content (AvgIpc) is 3.30. The molecule has 0 aliphatic heterocycles. The molecule has 4 aliphatic rings. The number of nitrogens with two attached hydrogens (primary N) is 1. The molecule has 0 radical (unpaired) electrons. The van der Waals surface area contributed by atoms with Crippen LogP contribution in [0.25, 0.3) is 0 Å². The van der Waals surface area contributed by atoms with Crippen molar-refractivity contribution in [3.05, 3.63) is 0 Å². The Kier molecular flexibility index (Phi) is 12.4. The Morgan fingerprint density at radius 1 is 0.878 bits per heavy atom. The molecule has 0 heterocycles. The number of aliphatic carboxylic acids is 1. The van der Waals surface area contributed by atoms with E-state index in [-0.39, 0.29) is 17.9 Å². The Hall–Kier alpha value is -0.730. The van der Waals surface area contributed by atoms with Crippen molar-refractivity contribution in [2.24, 2.45) is 52.1 Å². The Bertz CT molecular complexity index is 813. The summed E-state index contributed by atoms with van der Waals surface area (Å²) in [5.74, 6) is 2.68. The van der Waals surface area contributed by atoms with Gasteiger partial charge in [-0.05, 0) is 169 Å². The summed E-state index contributed by atoms with van der Waals surface area (Å²) in [6.07, 6.45) is 15.3. The Morgan fingerprint density at radius 3 is 2.24 bits per heavy atom. The molecule has 7 nitrogen and oxygen atoms in total. The first-order valence-corrected chi connectivity index (χ1v) is 17.5. The monoisotopic (exact) mass is 576 g/mol. The Morgan fingerprint density at radius 2 is 1.54 bits per heavy atom. The number of aliphatic hydroxyl groups is 1. The van der Waals surface area contributed by atoms with Crippen molar-refractivity contribution < 1.29 is 15.0 Å². The molecule has 0 aromatic heterocycles. The zero-order chi connectivity index (χ0) is 29.5. The minimum Gasteiger partial charge on any atom is -0.481 e. The molecule has 4 unspecified atom stereocenters. The predicted molar refractivity (Wildman–Crippen MR) is 168 cm³/mol. The van der Waals surface area contributed by atoms with E-state index in [0.717, 1.165) is 58.5 Å². The normalized spacial score (nSPS) is 39.1. The van der Waals surface area contributed by atoms with Crippen LogP contribution in [0.1, 0.15) is 111 Å². The molecule has 4 fully saturated rings. The van der Waals surface area contributed by atoms with Gasteiger partial charge in [0.15, 0.2) is 0 Å². The van der Waals surface area contributed by atoms with E-state index in [1.54, 1.807) is 0 Å². The SMILES string of the molecule is CC(CCC(=O)O)[C@H]1CCC2C3C(CC[C@@]21C)[C@@]1(C)CC[C@@H](NCCCNCCCCNCCCN)C[C@H]1C[C@H]3O. The first-order chi connectivity index (χ1) is 19.7. The van der Waals surface area contributed by atoms with Crippen LogP contribution in [0.5, 0.6) is 0 Å². The number of carboxylic acid groups (broad SMARTS) is 1. The van der Waals surface area contributed by atoms with Crippen molar-refractivity contribution in [3.8, 4) is 0 Å². The van der Waals surface area contributed by atoms with Gasteiger partial charge in [-0.2, -0.15) is 0 Å². The van der Waals surface area contributed by atoms with Crippen LogP contribution in [0.4, 0.5) is 0 Å². The Balaban J connectivity index is 1.20. The third kappa shape index (κ3) is 7.87. The van der Waals surface area contributed by atoms with Gasteiger partial charge in [-0.25, -0.2) is 0 Å². The third-order valence-corrected chi connectivity index (χ3v) is 12.7. The number of carboxylic acids is 1. The standard InChI is InChI=1S/C34H64N4O3/c1-24(8-11-31(40)41)27-9-10-28-32-29(13-15-34(27,28)3)33(2)14-12-26(22-25(33)23-30(32)39)38-21-7-20-37-18-5-4-17-36-19-6-16-35/h24-30,32,36-39H,4-23,35H2,1-3H3,(H,40,41)/t24?,25-,26+,27+,28?,29?,30+,32?,33-,34+/m0/s1. The van der Waals surface area contributed by atoms with Crippen LogP contribution in [0.15, 0.2) is 0 Å². The molecule has 4 aliphatic carbocycles. The van der Waals surface area contributed by atoms with Crippen LogP contribution in [0, 0.1) is 46.3 Å². The van der Waals surface area contributed by atoms with Gasteiger partial charge in [-0.3, -0.25) is 4.79 Å². The number of aliphatic hydroxyl groups excluding tert-OH is 1. The summed E-state index contributed by atoms with van der Waals surface area (Å²) in [5.41, 5.74) is 6.15. The number of nitrogens with one attached hydrogen (secondary N) is 3. The average molecular weight is 577 g/mol. The van der Waals surface area contributed by atoms with E-state index < -0.39 is 5.97 Å². The largest absolute Gasteiger partial charge is 0.481 e. The van der Waals surface area contributed by atoms with Gasteiger partial charge < -0.3 is 31.9 Å². The number of rotatable bonds is 17. The van der Waals surface area contributed by atoms with Crippen molar-refractivity contribution >= 4 is 5.97 Å². The lowest BCUT2D eigenvalue weighted by molar-refractivity contribution is -0.167. The highest BCUT2D eigenvalue weighted by atomic mass is 16.4. The highest BCUT2D eigenvalue weighted by Gasteiger charge is 2.62. The van der Waals surface area contributed by atoms with E-state index >= 15 is 0 Å². The molecule has 0 amide bonds. The van der Waals surface area contributed by atoms with Crippen molar-refractivity contribution in [3.63, 3.8) is 0 Å². The molecular weight excluding hydrogens is 512 g/mol. The van der Waals surface area contributed by atoms with E-state index in [1.807, 2.05) is 0 Å². The van der Waals surface area contributed by atoms with E-state index in [0.29, 0.717) is 47.0 Å². The molecule has 0 saturated heterocycles. The third-order valence-electron chi connectivity index (χ3n) is 12.7. The molecule has 4 rings (SSSR count). The molecule has 0 aromatic rings. The highest BCUT2D eigenvalue weighted by molar-refractivity contribution is 5.66. The smallest absolute Gasteiger partial charge is 0.303 e. The Labute approximate surface area is 250 Å². The molecule has 238 valence electrons. The van der Waals surface area contributed by atoms with Gasteiger partial charge >= 0.3 is 5.97 Å². The minimum absolute atomic E-state index is 0.172. The van der Waals surface area contributed by atoms with Gasteiger partial charge in [-0.1, -0.05) is 20.8 Å². The van der Waals surface area contributed by atoms with E-state index in [1.165, 1.54) is 64.2 Å². The summed E-state index contributed by atoms with van der Waals surface area (Å²) >= 11 is 0. The van der Waals surface area contributed by atoms with Crippen LogP contribution in [0.2, 0.25) is 0 Å². The first kappa shape index (κ1) is 33.2. The number of unbranched alkanes of at least 4 members (excludes halogenated alkanes) is 1. The maximum atomic E-state index is 11.7. The lowest BCUT2D eigenvalue weighted by atomic mass is 9.43. The molecule has 7 N–H and O–H groups in total. The maximum absolute atomic E-state index is 11.7. The van der Waals surface area contributed by atoms with Crippen LogP contribution in [-0.4, -0.2) is 67.6 Å². The predicted octanol–water partition coefficient (Wildman–Crippen LogP) is 4.77. The quantitative estimate of drug-likeness (QED) is 0.138. The molecule has 0 spiro atoms. The summed E-state index contributed by atoms with van der Waals surface area (Å²) in [4.78, 5) is 11.2. The van der Waals surface area contributed by atoms with Gasteiger partial charge in [0, 0.05) is 12.5 Å². The lowest BCUT2D eigenvalue weighted by Gasteiger charge is -2.62. The summed E-state index contributed by atoms with van der Waals surface area (Å²) in [5, 5.41) is 31.9. The minimum atomic E-state index is -0.669. The van der Waals surface area contributed by atoms with Gasteiger partial charge in [0.1, 0.15) is 0 Å². The fourth-order valence-electron chi connectivity index (χ4n) is 10.4. The summed E-state index contributed by atoms with van der Waals surface area (Å²) in [6.45, 7) is 13.5. The van der Waals surface area contributed by atoms with Gasteiger partial charge in [0.05, 0.1) is 6.10 Å². The van der Waals surface area contributed by atoms with Crippen LogP contribution < -0.4 is 21.7 Å². The molecule has 0 aromatic carbocycles. The molecule has 41 heavy (non-hydrogen) atoms. The van der Waals surface area contributed by atoms with Crippen molar-refractivity contribution in [2.75, 3.05) is 39.3 Å². The summed E-state index contributed by atoms with van der Waals surface area (Å²) in [7, 11) is 0. The molecule has 0 bridgehead atoms. The maximum Gasteiger partial charge on any atom is 0.303 e. The number of hydrogen-bond donors (Lipinski definition) is 6. The number of carbonyl (C=O) groups is 1. The highest BCUT2D eigenvalue weighted by Crippen LogP contribution is 2.68. The summed E-state index contributed by atoms with van der Waals surface area (Å²) < 4.78 is 0. The molecule has 7 heteroatoms. The van der Waals surface area contributed by atoms with Crippen molar-refractivity contribution in [1.82, 2.24) is 16.0 Å². The van der Waals surface area contributed by atoms with Crippen LogP contribution >= 0.6 is 0 Å². The van der Waals surface area contributed by atoms with E-state index in [4.69, 9.17) is 5.73 Å². The van der Waals surface area contributed by atoms with Crippen LogP contribution in [0.3, 0.4) is 0 Å². The fraction of sp³-hybridized carbons (Fsp3) is 0.971. The number of hydrogen-bond acceptors (Lipinski definition) is 6. The van der Waals surface area contributed by atoms with Crippen LogP contribution in [-0.2, 0) is 4.79 Å². The van der Waals surface area contributed by atoms with Gasteiger partial charge in [0.2, 0.25) is 0 Å². The van der Waals surface area contributed by atoms with E-state index in [2.05, 4.69) is 36.7 Å². The van der Waals surface area contributed by atoms with Gasteiger partial charge in [-0.15, -0.1) is 0 Å². The topological polar surface area (TPSA) is 120 Å². The van der Waals surface area contributed by atoms with E-state index in [9.17, 15) is 15.0 Å². The number of fused-ring (bicyclic) bond motifs is 5. The second-order valence-electron chi connectivity index (χ2n) is 15.1. The lowest BCUT2D eigenvalue weighted by Crippen LogP contribution is -2.59. The second kappa shape index (κ2) is 15.3. The summed E-state index contributed by atoms with van der Waals surface area (Å²) in [6, 6.07) is 0.594. The van der Waals surface area contributed by atoms with Crippen molar-refractivity contribution in [2.45, 2.75) is 123 Å². The van der Waals surface area contributed by atoms with Crippen molar-refractivity contribution in [1.29, 1.82) is 0 Å². The first-order valence-electron chi connectivity index (χ1n) is 17.5. The zero-order valence-corrected chi connectivity index (χ0v) is 26.6. The fourth-order valence-corrected chi connectivity index (χ4v) is 10.4. The van der Waals surface area contributed by atoms with Gasteiger partial charge in [0.25, 0.3) is 0 Å². The second-order valence-corrected chi connectivity index (χ2v) is 15.1. The molecule has 4 saturated carbocycles. The molecular formula is C34H64N4O3.